The number of aromatic nitrogens is 1. The summed E-state index contributed by atoms with van der Waals surface area (Å²) in [6.07, 6.45) is 1.37. The van der Waals surface area contributed by atoms with E-state index in [0.717, 1.165) is 20.9 Å². The summed E-state index contributed by atoms with van der Waals surface area (Å²) in [5, 5.41) is 23.5. The maximum Gasteiger partial charge on any atom is 0.225 e. The zero-order valence-electron chi connectivity index (χ0n) is 8.92. The minimum atomic E-state index is 0.530. The number of nitrogens with zero attached hydrogens (tertiary/aromatic N) is 2. The molecule has 3 aromatic rings. The number of pyridine rings is 1. The van der Waals surface area contributed by atoms with Gasteiger partial charge in [0.15, 0.2) is 6.20 Å². The Balaban J connectivity index is 2.66. The molecule has 2 aromatic carbocycles. The highest BCUT2D eigenvalue weighted by Crippen LogP contribution is 2.25. The van der Waals surface area contributed by atoms with Gasteiger partial charge in [0.25, 0.3) is 0 Å². The van der Waals surface area contributed by atoms with Crippen LogP contribution in [0, 0.1) is 16.5 Å². The average Bonchev–Trinajstić information content (AvgIpc) is 2.39. The zero-order valence-corrected chi connectivity index (χ0v) is 8.92. The Morgan fingerprint density at radius 1 is 1.06 bits per heavy atom. The summed E-state index contributed by atoms with van der Waals surface area (Å²) in [6.45, 7) is 0. The first-order chi connectivity index (χ1) is 8.31. The van der Waals surface area contributed by atoms with Gasteiger partial charge in [-0.25, -0.2) is 0 Å². The van der Waals surface area contributed by atoms with Crippen molar-refractivity contribution < 1.29 is 4.73 Å². The van der Waals surface area contributed by atoms with Gasteiger partial charge in [0, 0.05) is 12.1 Å². The van der Waals surface area contributed by atoms with E-state index in [9.17, 15) is 5.21 Å². The molecule has 80 valence electrons. The number of rotatable bonds is 0. The summed E-state index contributed by atoms with van der Waals surface area (Å²) < 4.78 is 0.794. The van der Waals surface area contributed by atoms with Crippen LogP contribution in [0.25, 0.3) is 21.7 Å². The first-order valence-corrected chi connectivity index (χ1v) is 5.25. The van der Waals surface area contributed by atoms with Gasteiger partial charge >= 0.3 is 0 Å². The van der Waals surface area contributed by atoms with Crippen molar-refractivity contribution in [3.63, 3.8) is 0 Å². The minimum absolute atomic E-state index is 0.530. The molecular formula is C14H8N2O. The van der Waals surface area contributed by atoms with E-state index in [1.54, 1.807) is 12.1 Å². The molecule has 17 heavy (non-hydrogen) atoms. The second kappa shape index (κ2) is 3.46. The largest absolute Gasteiger partial charge is 0.618 e. The van der Waals surface area contributed by atoms with E-state index in [1.807, 2.05) is 30.3 Å². The van der Waals surface area contributed by atoms with E-state index in [4.69, 9.17) is 5.26 Å². The van der Waals surface area contributed by atoms with E-state index in [2.05, 4.69) is 6.07 Å². The Kier molecular flexibility index (Phi) is 1.96. The molecule has 0 radical (unpaired) electrons. The first-order valence-electron chi connectivity index (χ1n) is 5.25. The van der Waals surface area contributed by atoms with Gasteiger partial charge in [0.2, 0.25) is 5.52 Å². The Morgan fingerprint density at radius 2 is 1.88 bits per heavy atom. The highest BCUT2D eigenvalue weighted by molar-refractivity contribution is 6.07. The SMILES string of the molecule is N#Cc1cc[n+]([O-])c2ccc3ccccc3c12. The number of fused-ring (bicyclic) bond motifs is 3. The van der Waals surface area contributed by atoms with Crippen LogP contribution in [0.2, 0.25) is 0 Å². The summed E-state index contributed by atoms with van der Waals surface area (Å²) in [7, 11) is 0. The van der Waals surface area contributed by atoms with E-state index >= 15 is 0 Å². The Hall–Kier alpha value is -2.60. The van der Waals surface area contributed by atoms with Crippen molar-refractivity contribution in [2.24, 2.45) is 0 Å². The van der Waals surface area contributed by atoms with Crippen molar-refractivity contribution in [1.29, 1.82) is 5.26 Å². The normalized spacial score (nSPS) is 10.5. The predicted octanol–water partition coefficient (Wildman–Crippen LogP) is 2.50. The maximum absolute atomic E-state index is 11.7. The molecule has 0 aliphatic carbocycles. The van der Waals surface area contributed by atoms with Gasteiger partial charge < -0.3 is 5.21 Å². The van der Waals surface area contributed by atoms with Crippen molar-refractivity contribution in [3.05, 3.63) is 59.4 Å². The number of nitriles is 1. The van der Waals surface area contributed by atoms with Crippen molar-refractivity contribution >= 4 is 21.7 Å². The Labute approximate surface area is 97.7 Å². The summed E-state index contributed by atoms with van der Waals surface area (Å²) in [4.78, 5) is 0. The lowest BCUT2D eigenvalue weighted by Gasteiger charge is -2.05. The summed E-state index contributed by atoms with van der Waals surface area (Å²) in [5.74, 6) is 0. The lowest BCUT2D eigenvalue weighted by atomic mass is 10.0. The van der Waals surface area contributed by atoms with Crippen molar-refractivity contribution in [1.82, 2.24) is 0 Å². The molecule has 3 nitrogen and oxygen atoms in total. The topological polar surface area (TPSA) is 50.7 Å². The van der Waals surface area contributed by atoms with E-state index in [1.165, 1.54) is 6.20 Å². The van der Waals surface area contributed by atoms with Gasteiger partial charge in [-0.1, -0.05) is 24.3 Å². The molecule has 0 fully saturated rings. The van der Waals surface area contributed by atoms with Crippen molar-refractivity contribution in [2.75, 3.05) is 0 Å². The zero-order chi connectivity index (χ0) is 11.8. The van der Waals surface area contributed by atoms with Crippen LogP contribution in [0.5, 0.6) is 0 Å². The molecule has 0 spiro atoms. The van der Waals surface area contributed by atoms with Crippen LogP contribution in [0.15, 0.2) is 48.7 Å². The van der Waals surface area contributed by atoms with Gasteiger partial charge in [0.1, 0.15) is 6.07 Å². The van der Waals surface area contributed by atoms with Crippen LogP contribution in [0.3, 0.4) is 0 Å². The molecule has 0 unspecified atom stereocenters. The van der Waals surface area contributed by atoms with E-state index in [0.29, 0.717) is 11.1 Å². The van der Waals surface area contributed by atoms with Crippen molar-refractivity contribution in [3.8, 4) is 6.07 Å². The Morgan fingerprint density at radius 3 is 2.71 bits per heavy atom. The predicted molar refractivity (Wildman–Crippen MR) is 65.1 cm³/mol. The fourth-order valence-corrected chi connectivity index (χ4v) is 2.13. The molecule has 1 aromatic heterocycles. The maximum atomic E-state index is 11.7. The smallest absolute Gasteiger partial charge is 0.225 e. The average molecular weight is 220 g/mol. The molecule has 0 N–H and O–H groups in total. The molecule has 0 amide bonds. The fraction of sp³-hybridized carbons (Fsp3) is 0. The third kappa shape index (κ3) is 1.31. The lowest BCUT2D eigenvalue weighted by molar-refractivity contribution is -0.576. The summed E-state index contributed by atoms with van der Waals surface area (Å²) in [5.41, 5.74) is 1.06. The number of benzene rings is 2. The molecular weight excluding hydrogens is 212 g/mol. The monoisotopic (exact) mass is 220 g/mol. The lowest BCUT2D eigenvalue weighted by Crippen LogP contribution is -2.26. The highest BCUT2D eigenvalue weighted by atomic mass is 16.5. The van der Waals surface area contributed by atoms with Crippen LogP contribution < -0.4 is 4.73 Å². The Bertz CT molecular complexity index is 772. The van der Waals surface area contributed by atoms with Crippen LogP contribution in [0.4, 0.5) is 0 Å². The molecule has 3 rings (SSSR count). The molecule has 0 bridgehead atoms. The first kappa shape index (κ1) is 9.61. The fourth-order valence-electron chi connectivity index (χ4n) is 2.13. The molecule has 0 saturated heterocycles. The number of hydrogen-bond donors (Lipinski definition) is 0. The van der Waals surface area contributed by atoms with Crippen LogP contribution in [-0.4, -0.2) is 0 Å². The third-order valence-electron chi connectivity index (χ3n) is 2.91. The second-order valence-corrected chi connectivity index (χ2v) is 3.85. The summed E-state index contributed by atoms with van der Waals surface area (Å²) in [6, 6.07) is 15.1. The van der Waals surface area contributed by atoms with Crippen LogP contribution in [0.1, 0.15) is 5.56 Å². The number of hydrogen-bond acceptors (Lipinski definition) is 2. The highest BCUT2D eigenvalue weighted by Gasteiger charge is 2.11. The standard InChI is InChI=1S/C14H8N2O/c15-9-11-7-8-16(17)13-6-5-10-3-1-2-4-12(10)14(11)13/h1-8H. The van der Waals surface area contributed by atoms with Crippen molar-refractivity contribution in [2.45, 2.75) is 0 Å². The van der Waals surface area contributed by atoms with Gasteiger partial charge in [-0.15, -0.1) is 0 Å². The van der Waals surface area contributed by atoms with E-state index in [-0.39, 0.29) is 0 Å². The molecule has 0 aliphatic rings. The molecule has 3 heteroatoms. The second-order valence-electron chi connectivity index (χ2n) is 3.85. The summed E-state index contributed by atoms with van der Waals surface area (Å²) >= 11 is 0. The molecule has 0 atom stereocenters. The molecule has 1 heterocycles. The quantitative estimate of drug-likeness (QED) is 0.332. The van der Waals surface area contributed by atoms with Gasteiger partial charge in [-0.05, 0) is 16.8 Å². The van der Waals surface area contributed by atoms with Crippen LogP contribution >= 0.6 is 0 Å². The van der Waals surface area contributed by atoms with E-state index < -0.39 is 0 Å². The molecule has 0 saturated carbocycles. The third-order valence-corrected chi connectivity index (χ3v) is 2.91. The van der Waals surface area contributed by atoms with Gasteiger partial charge in [0.05, 0.1) is 10.9 Å². The molecule has 0 aliphatic heterocycles. The minimum Gasteiger partial charge on any atom is -0.618 e. The van der Waals surface area contributed by atoms with Crippen LogP contribution in [-0.2, 0) is 0 Å². The van der Waals surface area contributed by atoms with Gasteiger partial charge in [-0.3, -0.25) is 0 Å². The van der Waals surface area contributed by atoms with Gasteiger partial charge in [-0.2, -0.15) is 9.99 Å².